The highest BCUT2D eigenvalue weighted by Crippen LogP contribution is 2.28. The van der Waals surface area contributed by atoms with E-state index < -0.39 is 0 Å². The zero-order chi connectivity index (χ0) is 10.3. The van der Waals surface area contributed by atoms with Crippen LogP contribution in [0.25, 0.3) is 0 Å². The van der Waals surface area contributed by atoms with Crippen molar-refractivity contribution in [2.45, 2.75) is 39.7 Å². The van der Waals surface area contributed by atoms with Crippen molar-refractivity contribution in [2.75, 3.05) is 19.6 Å². The fourth-order valence-corrected chi connectivity index (χ4v) is 2.23. The maximum Gasteiger partial charge on any atom is 0.0610 e. The summed E-state index contributed by atoms with van der Waals surface area (Å²) in [6.45, 7) is 12.3. The van der Waals surface area contributed by atoms with Gasteiger partial charge in [-0.1, -0.05) is 0 Å². The van der Waals surface area contributed by atoms with Crippen LogP contribution in [0.2, 0.25) is 0 Å². The van der Waals surface area contributed by atoms with Crippen LogP contribution in [0.15, 0.2) is 16.1 Å². The van der Waals surface area contributed by atoms with Crippen molar-refractivity contribution in [1.82, 2.24) is 4.90 Å². The molecule has 0 bridgehead atoms. The van der Waals surface area contributed by atoms with Gasteiger partial charge in [0, 0.05) is 24.3 Å². The molecule has 0 spiro atoms. The molecule has 0 aromatic rings. The molecular formula is C12H20N2. The molecule has 0 aromatic carbocycles. The van der Waals surface area contributed by atoms with Crippen molar-refractivity contribution in [1.29, 1.82) is 0 Å². The zero-order valence-electron chi connectivity index (χ0n) is 9.72. The Hall–Kier alpha value is -0.630. The standard InChI is InChI=1S/C12H20N2/c1-9-11-8-14(12(2,3)4)6-5-10(11)7-13-9/h5-8H2,1-4H3. The molecule has 2 aliphatic heterocycles. The van der Waals surface area contributed by atoms with Gasteiger partial charge in [0.1, 0.15) is 0 Å². The molecule has 78 valence electrons. The molecule has 0 aliphatic carbocycles. The fourth-order valence-electron chi connectivity index (χ4n) is 2.23. The van der Waals surface area contributed by atoms with E-state index in [1.165, 1.54) is 24.3 Å². The monoisotopic (exact) mass is 192 g/mol. The molecule has 14 heavy (non-hydrogen) atoms. The Morgan fingerprint density at radius 3 is 2.64 bits per heavy atom. The summed E-state index contributed by atoms with van der Waals surface area (Å²) in [5, 5.41) is 0. The van der Waals surface area contributed by atoms with Crippen molar-refractivity contribution in [3.05, 3.63) is 11.1 Å². The minimum Gasteiger partial charge on any atom is -0.294 e. The minimum absolute atomic E-state index is 0.293. The first-order chi connectivity index (χ1) is 6.48. The third-order valence-electron chi connectivity index (χ3n) is 3.35. The van der Waals surface area contributed by atoms with Gasteiger partial charge in [-0.05, 0) is 45.3 Å². The Kier molecular flexibility index (Phi) is 2.26. The summed E-state index contributed by atoms with van der Waals surface area (Å²) in [4.78, 5) is 7.06. The lowest BCUT2D eigenvalue weighted by Crippen LogP contribution is -2.45. The van der Waals surface area contributed by atoms with Crippen molar-refractivity contribution in [3.63, 3.8) is 0 Å². The number of hydrogen-bond acceptors (Lipinski definition) is 2. The van der Waals surface area contributed by atoms with Gasteiger partial charge in [-0.15, -0.1) is 0 Å². The molecule has 0 fully saturated rings. The van der Waals surface area contributed by atoms with Crippen LogP contribution in [-0.2, 0) is 0 Å². The lowest BCUT2D eigenvalue weighted by molar-refractivity contribution is 0.147. The second-order valence-electron chi connectivity index (χ2n) is 5.33. The van der Waals surface area contributed by atoms with Gasteiger partial charge in [0.25, 0.3) is 0 Å². The molecule has 2 rings (SSSR count). The van der Waals surface area contributed by atoms with Crippen molar-refractivity contribution < 1.29 is 0 Å². The molecule has 0 radical (unpaired) electrons. The second-order valence-corrected chi connectivity index (χ2v) is 5.33. The maximum atomic E-state index is 4.51. The molecule has 2 nitrogen and oxygen atoms in total. The molecular weight excluding hydrogens is 172 g/mol. The molecule has 0 aromatic heterocycles. The fraction of sp³-hybridized carbons (Fsp3) is 0.750. The van der Waals surface area contributed by atoms with E-state index in [-0.39, 0.29) is 0 Å². The van der Waals surface area contributed by atoms with E-state index in [0.717, 1.165) is 13.1 Å². The summed E-state index contributed by atoms with van der Waals surface area (Å²) in [6, 6.07) is 0. The van der Waals surface area contributed by atoms with Crippen LogP contribution >= 0.6 is 0 Å². The predicted molar refractivity (Wildman–Crippen MR) is 60.9 cm³/mol. The minimum atomic E-state index is 0.293. The number of nitrogens with zero attached hydrogens (tertiary/aromatic N) is 2. The van der Waals surface area contributed by atoms with E-state index in [1.54, 1.807) is 5.57 Å². The van der Waals surface area contributed by atoms with Crippen LogP contribution in [0.5, 0.6) is 0 Å². The molecule has 0 saturated heterocycles. The average molecular weight is 192 g/mol. The summed E-state index contributed by atoms with van der Waals surface area (Å²) in [5.74, 6) is 0. The number of hydrogen-bond donors (Lipinski definition) is 0. The SMILES string of the molecule is CC1=NCC2=C1CN(C(C)(C)C)CC2. The Labute approximate surface area is 86.7 Å². The molecule has 0 N–H and O–H groups in total. The van der Waals surface area contributed by atoms with Gasteiger partial charge in [-0.2, -0.15) is 0 Å². The molecule has 0 atom stereocenters. The van der Waals surface area contributed by atoms with Gasteiger partial charge >= 0.3 is 0 Å². The first-order valence-corrected chi connectivity index (χ1v) is 5.46. The molecule has 2 aliphatic rings. The molecule has 2 heteroatoms. The Morgan fingerprint density at radius 2 is 2.00 bits per heavy atom. The van der Waals surface area contributed by atoms with E-state index in [9.17, 15) is 0 Å². The summed E-state index contributed by atoms with van der Waals surface area (Å²) in [6.07, 6.45) is 1.22. The molecule has 2 heterocycles. The average Bonchev–Trinajstić information content (AvgIpc) is 2.46. The van der Waals surface area contributed by atoms with E-state index >= 15 is 0 Å². The summed E-state index contributed by atoms with van der Waals surface area (Å²) >= 11 is 0. The third kappa shape index (κ3) is 1.63. The first-order valence-electron chi connectivity index (χ1n) is 5.46. The summed E-state index contributed by atoms with van der Waals surface area (Å²) in [5.41, 5.74) is 4.67. The number of rotatable bonds is 0. The van der Waals surface area contributed by atoms with E-state index in [4.69, 9.17) is 0 Å². The third-order valence-corrected chi connectivity index (χ3v) is 3.35. The highest BCUT2D eigenvalue weighted by molar-refractivity contribution is 6.01. The second kappa shape index (κ2) is 3.20. The van der Waals surface area contributed by atoms with Crippen molar-refractivity contribution >= 4 is 5.71 Å². The molecule has 0 unspecified atom stereocenters. The first kappa shape index (κ1) is 9.91. The van der Waals surface area contributed by atoms with E-state index in [0.29, 0.717) is 5.54 Å². The van der Waals surface area contributed by atoms with Crippen LogP contribution in [0, 0.1) is 0 Å². The van der Waals surface area contributed by atoms with Crippen molar-refractivity contribution in [2.24, 2.45) is 4.99 Å². The van der Waals surface area contributed by atoms with Gasteiger partial charge in [-0.3, -0.25) is 9.89 Å². The predicted octanol–water partition coefficient (Wildman–Crippen LogP) is 2.26. The maximum absolute atomic E-state index is 4.51. The lowest BCUT2D eigenvalue weighted by atomic mass is 9.95. The quantitative estimate of drug-likeness (QED) is 0.575. The van der Waals surface area contributed by atoms with E-state index in [2.05, 4.69) is 37.6 Å². The largest absolute Gasteiger partial charge is 0.294 e. The molecule has 0 saturated carbocycles. The van der Waals surface area contributed by atoms with Crippen LogP contribution in [0.1, 0.15) is 34.1 Å². The Bertz CT molecular complexity index is 305. The summed E-state index contributed by atoms with van der Waals surface area (Å²) in [7, 11) is 0. The van der Waals surface area contributed by atoms with Gasteiger partial charge in [-0.25, -0.2) is 0 Å². The lowest BCUT2D eigenvalue weighted by Gasteiger charge is -2.39. The smallest absolute Gasteiger partial charge is 0.0610 e. The van der Waals surface area contributed by atoms with Crippen molar-refractivity contribution in [3.8, 4) is 0 Å². The van der Waals surface area contributed by atoms with Gasteiger partial charge < -0.3 is 0 Å². The van der Waals surface area contributed by atoms with Gasteiger partial charge in [0.15, 0.2) is 0 Å². The van der Waals surface area contributed by atoms with Crippen LogP contribution in [-0.4, -0.2) is 35.8 Å². The van der Waals surface area contributed by atoms with Crippen LogP contribution in [0.3, 0.4) is 0 Å². The van der Waals surface area contributed by atoms with Crippen LogP contribution < -0.4 is 0 Å². The van der Waals surface area contributed by atoms with Gasteiger partial charge in [0.05, 0.1) is 6.54 Å². The van der Waals surface area contributed by atoms with Crippen LogP contribution in [0.4, 0.5) is 0 Å². The topological polar surface area (TPSA) is 15.6 Å². The number of aliphatic imine (C=N–C) groups is 1. The normalized spacial score (nSPS) is 23.9. The summed E-state index contributed by atoms with van der Waals surface area (Å²) < 4.78 is 0. The van der Waals surface area contributed by atoms with Gasteiger partial charge in [0.2, 0.25) is 0 Å². The highest BCUT2D eigenvalue weighted by atomic mass is 15.2. The molecule has 0 amide bonds. The van der Waals surface area contributed by atoms with E-state index in [1.807, 2.05) is 0 Å². The Morgan fingerprint density at radius 1 is 1.29 bits per heavy atom. The highest BCUT2D eigenvalue weighted by Gasteiger charge is 2.29. The Balaban J connectivity index is 2.16. The zero-order valence-corrected chi connectivity index (χ0v) is 9.72.